The lowest BCUT2D eigenvalue weighted by molar-refractivity contribution is -0.127. The maximum Gasteiger partial charge on any atom is 0.240 e. The Bertz CT molecular complexity index is 734. The van der Waals surface area contributed by atoms with E-state index in [0.29, 0.717) is 0 Å². The molecule has 7 heteroatoms. The Kier molecular flexibility index (Phi) is 5.88. The molecule has 1 aromatic carbocycles. The molecule has 0 spiro atoms. The Hall–Kier alpha value is -2.02. The second kappa shape index (κ2) is 7.70. The van der Waals surface area contributed by atoms with E-state index in [4.69, 9.17) is 0 Å². The molecule has 0 saturated carbocycles. The number of hydrogen-bond donors (Lipinski definition) is 2. The average Bonchev–Trinajstić information content (AvgIpc) is 2.82. The number of imidazole rings is 1. The van der Waals surface area contributed by atoms with Gasteiger partial charge in [-0.3, -0.25) is 9.59 Å². The third-order valence-electron chi connectivity index (χ3n) is 3.27. The molecule has 130 valence electrons. The van der Waals surface area contributed by atoms with Crippen LogP contribution in [-0.4, -0.2) is 39.7 Å². The van der Waals surface area contributed by atoms with Crippen molar-refractivity contribution in [3.8, 4) is 0 Å². The van der Waals surface area contributed by atoms with Crippen molar-refractivity contribution in [2.24, 2.45) is 0 Å². The summed E-state index contributed by atoms with van der Waals surface area (Å²) in [4.78, 5) is 28.6. The average molecular weight is 348 g/mol. The molecule has 1 aromatic heterocycles. The third kappa shape index (κ3) is 4.99. The number of para-hydroxylation sites is 2. The van der Waals surface area contributed by atoms with Gasteiger partial charge >= 0.3 is 0 Å². The van der Waals surface area contributed by atoms with Crippen LogP contribution >= 0.6 is 11.8 Å². The second-order valence-electron chi connectivity index (χ2n) is 6.61. The van der Waals surface area contributed by atoms with Gasteiger partial charge in [0.05, 0.1) is 23.3 Å². The molecule has 0 unspecified atom stereocenters. The normalized spacial score (nSPS) is 11.5. The van der Waals surface area contributed by atoms with Crippen LogP contribution < -0.4 is 10.6 Å². The molecule has 0 aliphatic rings. The number of fused-ring (bicyclic) bond motifs is 1. The number of nitrogens with one attached hydrogen (secondary N) is 2. The monoisotopic (exact) mass is 348 g/mol. The molecule has 6 nitrogen and oxygen atoms in total. The third-order valence-corrected chi connectivity index (χ3v) is 3.82. The van der Waals surface area contributed by atoms with E-state index >= 15 is 0 Å². The van der Waals surface area contributed by atoms with E-state index in [-0.39, 0.29) is 30.4 Å². The van der Waals surface area contributed by atoms with E-state index in [1.54, 1.807) is 11.8 Å². The second-order valence-corrected chi connectivity index (χ2v) is 7.48. The number of rotatable bonds is 6. The van der Waals surface area contributed by atoms with Crippen molar-refractivity contribution in [1.29, 1.82) is 0 Å². The predicted molar refractivity (Wildman–Crippen MR) is 97.9 cm³/mol. The zero-order valence-electron chi connectivity index (χ0n) is 14.5. The van der Waals surface area contributed by atoms with Crippen LogP contribution in [0, 0.1) is 0 Å². The Balaban J connectivity index is 2.04. The number of aromatic nitrogens is 2. The first-order chi connectivity index (χ1) is 11.3. The van der Waals surface area contributed by atoms with Crippen molar-refractivity contribution in [2.75, 3.05) is 12.8 Å². The van der Waals surface area contributed by atoms with E-state index in [0.717, 1.165) is 22.6 Å². The number of amides is 2. The van der Waals surface area contributed by atoms with Crippen LogP contribution in [-0.2, 0) is 21.9 Å². The highest BCUT2D eigenvalue weighted by atomic mass is 32.2. The summed E-state index contributed by atoms with van der Waals surface area (Å²) in [6.07, 6.45) is 2.00. The van der Waals surface area contributed by atoms with Crippen LogP contribution in [0.1, 0.15) is 26.6 Å². The molecule has 0 aliphatic heterocycles. The summed E-state index contributed by atoms with van der Waals surface area (Å²) in [5.41, 5.74) is 1.49. The topological polar surface area (TPSA) is 76.0 Å². The minimum atomic E-state index is -0.312. The summed E-state index contributed by atoms with van der Waals surface area (Å²) in [7, 11) is 0. The minimum Gasteiger partial charge on any atom is -0.350 e. The Morgan fingerprint density at radius 2 is 1.92 bits per heavy atom. The standard InChI is InChI=1S/C17H24N4O2S/c1-17(2,3)20-15(22)9-18-16(23)10-21-13-8-6-5-7-12(13)19-14(21)11-24-4/h5-8H,9-11H2,1-4H3,(H,18,23)(H,20,22). The van der Waals surface area contributed by atoms with Crippen LogP contribution in [0.25, 0.3) is 11.0 Å². The van der Waals surface area contributed by atoms with Crippen LogP contribution in [0.15, 0.2) is 24.3 Å². The molecular formula is C17H24N4O2S. The number of carbonyl (C=O) groups excluding carboxylic acids is 2. The summed E-state index contributed by atoms with van der Waals surface area (Å²) in [6.45, 7) is 5.83. The lowest BCUT2D eigenvalue weighted by atomic mass is 10.1. The predicted octanol–water partition coefficient (Wildman–Crippen LogP) is 1.93. The van der Waals surface area contributed by atoms with E-state index in [2.05, 4.69) is 15.6 Å². The van der Waals surface area contributed by atoms with Crippen molar-refractivity contribution < 1.29 is 9.59 Å². The van der Waals surface area contributed by atoms with Gasteiger partial charge in [0.2, 0.25) is 11.8 Å². The molecule has 1 heterocycles. The lowest BCUT2D eigenvalue weighted by Crippen LogP contribution is -2.46. The highest BCUT2D eigenvalue weighted by Crippen LogP contribution is 2.18. The fraction of sp³-hybridized carbons (Fsp3) is 0.471. The van der Waals surface area contributed by atoms with Crippen LogP contribution in [0.3, 0.4) is 0 Å². The molecule has 2 N–H and O–H groups in total. The van der Waals surface area contributed by atoms with Crippen LogP contribution in [0.2, 0.25) is 0 Å². The SMILES string of the molecule is CSCc1nc2ccccc2n1CC(=O)NCC(=O)NC(C)(C)C. The quantitative estimate of drug-likeness (QED) is 0.836. The Morgan fingerprint density at radius 1 is 1.21 bits per heavy atom. The zero-order valence-corrected chi connectivity index (χ0v) is 15.4. The van der Waals surface area contributed by atoms with Crippen molar-refractivity contribution in [3.05, 3.63) is 30.1 Å². The Labute approximate surface area is 146 Å². The van der Waals surface area contributed by atoms with Gasteiger partial charge in [-0.15, -0.1) is 0 Å². The first kappa shape index (κ1) is 18.3. The molecule has 2 rings (SSSR count). The summed E-state index contributed by atoms with van der Waals surface area (Å²) in [5.74, 6) is 1.19. The number of hydrogen-bond acceptors (Lipinski definition) is 4. The smallest absolute Gasteiger partial charge is 0.240 e. The van der Waals surface area contributed by atoms with Crippen molar-refractivity contribution >= 4 is 34.6 Å². The van der Waals surface area contributed by atoms with Crippen LogP contribution in [0.5, 0.6) is 0 Å². The number of benzene rings is 1. The molecule has 2 aromatic rings. The molecule has 0 fully saturated rings. The summed E-state index contributed by atoms with van der Waals surface area (Å²) in [6, 6.07) is 7.74. The first-order valence-corrected chi connectivity index (χ1v) is 9.20. The maximum absolute atomic E-state index is 12.2. The van der Waals surface area contributed by atoms with Gasteiger partial charge in [-0.1, -0.05) is 12.1 Å². The zero-order chi connectivity index (χ0) is 17.7. The Morgan fingerprint density at radius 3 is 2.58 bits per heavy atom. The highest BCUT2D eigenvalue weighted by molar-refractivity contribution is 7.97. The van der Waals surface area contributed by atoms with Crippen molar-refractivity contribution in [2.45, 2.75) is 38.6 Å². The van der Waals surface area contributed by atoms with E-state index in [1.165, 1.54) is 0 Å². The highest BCUT2D eigenvalue weighted by Gasteiger charge is 2.16. The van der Waals surface area contributed by atoms with E-state index < -0.39 is 0 Å². The number of thioether (sulfide) groups is 1. The lowest BCUT2D eigenvalue weighted by Gasteiger charge is -2.20. The molecule has 0 atom stereocenters. The van der Waals surface area contributed by atoms with Crippen molar-refractivity contribution in [3.63, 3.8) is 0 Å². The van der Waals surface area contributed by atoms with Gasteiger partial charge in [0, 0.05) is 5.54 Å². The first-order valence-electron chi connectivity index (χ1n) is 7.81. The maximum atomic E-state index is 12.2. The van der Waals surface area contributed by atoms with Gasteiger partial charge in [-0.2, -0.15) is 11.8 Å². The summed E-state index contributed by atoms with van der Waals surface area (Å²) in [5, 5.41) is 5.49. The number of nitrogens with zero attached hydrogens (tertiary/aromatic N) is 2. The molecule has 2 amide bonds. The molecule has 0 radical (unpaired) electrons. The minimum absolute atomic E-state index is 0.0272. The summed E-state index contributed by atoms with van der Waals surface area (Å²) >= 11 is 1.66. The molecule has 0 saturated heterocycles. The van der Waals surface area contributed by atoms with Gasteiger partial charge in [0.15, 0.2) is 0 Å². The van der Waals surface area contributed by atoms with Gasteiger partial charge in [0.25, 0.3) is 0 Å². The molecule has 24 heavy (non-hydrogen) atoms. The number of carbonyl (C=O) groups is 2. The summed E-state index contributed by atoms with van der Waals surface area (Å²) < 4.78 is 1.91. The van der Waals surface area contributed by atoms with E-state index in [9.17, 15) is 9.59 Å². The van der Waals surface area contributed by atoms with Gasteiger partial charge in [0.1, 0.15) is 12.4 Å². The fourth-order valence-corrected chi connectivity index (χ4v) is 2.86. The van der Waals surface area contributed by atoms with Crippen LogP contribution in [0.4, 0.5) is 0 Å². The van der Waals surface area contributed by atoms with Gasteiger partial charge < -0.3 is 15.2 Å². The van der Waals surface area contributed by atoms with Gasteiger partial charge in [-0.25, -0.2) is 4.98 Å². The van der Waals surface area contributed by atoms with E-state index in [1.807, 2.05) is 55.9 Å². The molecule has 0 aliphatic carbocycles. The molecule has 0 bridgehead atoms. The van der Waals surface area contributed by atoms with Gasteiger partial charge in [-0.05, 0) is 39.2 Å². The van der Waals surface area contributed by atoms with Crippen molar-refractivity contribution in [1.82, 2.24) is 20.2 Å². The molecular weight excluding hydrogens is 324 g/mol. The largest absolute Gasteiger partial charge is 0.350 e. The fourth-order valence-electron chi connectivity index (χ4n) is 2.38.